The van der Waals surface area contributed by atoms with Crippen LogP contribution < -0.4 is 10.6 Å². The zero-order chi connectivity index (χ0) is 12.8. The molecule has 0 amide bonds. The third-order valence-corrected chi connectivity index (χ3v) is 3.91. The van der Waals surface area contributed by atoms with Crippen molar-refractivity contribution in [3.05, 3.63) is 29.8 Å². The van der Waals surface area contributed by atoms with Crippen LogP contribution in [0.2, 0.25) is 0 Å². The Morgan fingerprint density at radius 2 is 2.22 bits per heavy atom. The molecule has 2 nitrogen and oxygen atoms in total. The van der Waals surface area contributed by atoms with Gasteiger partial charge < -0.3 is 10.6 Å². The first-order valence-electron chi connectivity index (χ1n) is 7.37. The van der Waals surface area contributed by atoms with Crippen LogP contribution in [0.4, 0.5) is 5.69 Å². The van der Waals surface area contributed by atoms with E-state index in [0.717, 1.165) is 13.1 Å². The summed E-state index contributed by atoms with van der Waals surface area (Å²) < 4.78 is 0. The standard InChI is InChI=1S/C16H26N2/c1-3-4-7-13(2)18-12-14-10-11-17-16-9-6-5-8-15(14)16/h5-6,8-9,13-14,17-18H,3-4,7,10-12H2,1-2H3. The van der Waals surface area contributed by atoms with Crippen molar-refractivity contribution < 1.29 is 0 Å². The molecule has 0 saturated heterocycles. The van der Waals surface area contributed by atoms with Gasteiger partial charge in [0.15, 0.2) is 0 Å². The van der Waals surface area contributed by atoms with Crippen molar-refractivity contribution in [1.29, 1.82) is 0 Å². The zero-order valence-corrected chi connectivity index (χ0v) is 11.7. The van der Waals surface area contributed by atoms with E-state index in [1.165, 1.54) is 36.9 Å². The minimum atomic E-state index is 0.645. The second-order valence-electron chi connectivity index (χ2n) is 5.45. The Kier molecular flexibility index (Phi) is 5.06. The molecule has 1 heterocycles. The summed E-state index contributed by atoms with van der Waals surface area (Å²) in [6, 6.07) is 9.38. The highest BCUT2D eigenvalue weighted by Gasteiger charge is 2.19. The fourth-order valence-electron chi connectivity index (χ4n) is 2.72. The molecule has 1 aliphatic heterocycles. The zero-order valence-electron chi connectivity index (χ0n) is 11.7. The summed E-state index contributed by atoms with van der Waals surface area (Å²) in [7, 11) is 0. The SMILES string of the molecule is CCCCC(C)NCC1CCNc2ccccc21. The van der Waals surface area contributed by atoms with Gasteiger partial charge in [-0.25, -0.2) is 0 Å². The molecule has 1 aromatic carbocycles. The number of benzene rings is 1. The molecule has 2 rings (SSSR count). The Morgan fingerprint density at radius 3 is 3.06 bits per heavy atom. The lowest BCUT2D eigenvalue weighted by molar-refractivity contribution is 0.458. The van der Waals surface area contributed by atoms with Gasteiger partial charge in [0.2, 0.25) is 0 Å². The summed E-state index contributed by atoms with van der Waals surface area (Å²) in [5, 5.41) is 7.19. The smallest absolute Gasteiger partial charge is 0.0376 e. The molecular weight excluding hydrogens is 220 g/mol. The molecule has 0 aromatic heterocycles. The van der Waals surface area contributed by atoms with E-state index in [2.05, 4.69) is 48.7 Å². The van der Waals surface area contributed by atoms with Crippen LogP contribution in [0.15, 0.2) is 24.3 Å². The third-order valence-electron chi connectivity index (χ3n) is 3.91. The van der Waals surface area contributed by atoms with E-state index in [1.54, 1.807) is 0 Å². The number of rotatable bonds is 6. The molecule has 0 saturated carbocycles. The van der Waals surface area contributed by atoms with Gasteiger partial charge in [-0.1, -0.05) is 38.0 Å². The minimum Gasteiger partial charge on any atom is -0.385 e. The Hall–Kier alpha value is -1.02. The molecule has 0 bridgehead atoms. The van der Waals surface area contributed by atoms with Gasteiger partial charge in [-0.2, -0.15) is 0 Å². The normalized spacial score (nSPS) is 20.0. The number of para-hydroxylation sites is 1. The molecule has 2 unspecified atom stereocenters. The highest BCUT2D eigenvalue weighted by molar-refractivity contribution is 5.54. The van der Waals surface area contributed by atoms with Gasteiger partial charge in [-0.15, -0.1) is 0 Å². The first kappa shape index (κ1) is 13.4. The number of fused-ring (bicyclic) bond motifs is 1. The molecule has 1 aliphatic rings. The number of nitrogens with one attached hydrogen (secondary N) is 2. The predicted molar refractivity (Wildman–Crippen MR) is 79.3 cm³/mol. The van der Waals surface area contributed by atoms with Crippen molar-refractivity contribution in [2.75, 3.05) is 18.4 Å². The first-order chi connectivity index (χ1) is 8.81. The molecule has 100 valence electrons. The fourth-order valence-corrected chi connectivity index (χ4v) is 2.72. The van der Waals surface area contributed by atoms with Crippen molar-refractivity contribution >= 4 is 5.69 Å². The van der Waals surface area contributed by atoms with Crippen molar-refractivity contribution in [2.24, 2.45) is 0 Å². The first-order valence-corrected chi connectivity index (χ1v) is 7.37. The lowest BCUT2D eigenvalue weighted by atomic mass is 9.90. The molecule has 2 atom stereocenters. The lowest BCUT2D eigenvalue weighted by Crippen LogP contribution is -2.32. The van der Waals surface area contributed by atoms with Crippen LogP contribution in [0.1, 0.15) is 51.0 Å². The van der Waals surface area contributed by atoms with E-state index in [4.69, 9.17) is 0 Å². The van der Waals surface area contributed by atoms with E-state index < -0.39 is 0 Å². The maximum Gasteiger partial charge on any atom is 0.0376 e. The summed E-state index contributed by atoms with van der Waals surface area (Å²) in [6.45, 7) is 6.79. The van der Waals surface area contributed by atoms with Gasteiger partial charge in [0.05, 0.1) is 0 Å². The molecule has 1 aromatic rings. The molecular formula is C16H26N2. The van der Waals surface area contributed by atoms with Crippen molar-refractivity contribution in [1.82, 2.24) is 5.32 Å². The molecule has 18 heavy (non-hydrogen) atoms. The van der Waals surface area contributed by atoms with Crippen molar-refractivity contribution in [2.45, 2.75) is 51.5 Å². The average molecular weight is 246 g/mol. The predicted octanol–water partition coefficient (Wildman–Crippen LogP) is 3.75. The molecule has 2 N–H and O–H groups in total. The molecule has 0 spiro atoms. The second kappa shape index (κ2) is 6.79. The number of hydrogen-bond donors (Lipinski definition) is 2. The summed E-state index contributed by atoms with van der Waals surface area (Å²) in [4.78, 5) is 0. The van der Waals surface area contributed by atoms with Crippen LogP contribution in [0.3, 0.4) is 0 Å². The fraction of sp³-hybridized carbons (Fsp3) is 0.625. The van der Waals surface area contributed by atoms with Crippen molar-refractivity contribution in [3.63, 3.8) is 0 Å². The molecule has 2 heteroatoms. The molecule has 0 fully saturated rings. The quantitative estimate of drug-likeness (QED) is 0.798. The maximum absolute atomic E-state index is 3.70. The minimum absolute atomic E-state index is 0.645. The van der Waals surface area contributed by atoms with Gasteiger partial charge in [-0.3, -0.25) is 0 Å². The highest BCUT2D eigenvalue weighted by Crippen LogP contribution is 2.30. The van der Waals surface area contributed by atoms with E-state index in [0.29, 0.717) is 12.0 Å². The van der Waals surface area contributed by atoms with Crippen LogP contribution in [-0.2, 0) is 0 Å². The Bertz CT molecular complexity index is 362. The van der Waals surface area contributed by atoms with Crippen LogP contribution in [0.5, 0.6) is 0 Å². The van der Waals surface area contributed by atoms with Gasteiger partial charge >= 0.3 is 0 Å². The third kappa shape index (κ3) is 3.49. The molecule has 0 radical (unpaired) electrons. The largest absolute Gasteiger partial charge is 0.385 e. The van der Waals surface area contributed by atoms with E-state index >= 15 is 0 Å². The summed E-state index contributed by atoms with van der Waals surface area (Å²) in [5.74, 6) is 0.673. The average Bonchev–Trinajstić information content (AvgIpc) is 2.42. The Labute approximate surface area is 111 Å². The summed E-state index contributed by atoms with van der Waals surface area (Å²) in [6.07, 6.45) is 5.16. The van der Waals surface area contributed by atoms with E-state index in [9.17, 15) is 0 Å². The number of anilines is 1. The van der Waals surface area contributed by atoms with Crippen LogP contribution in [0, 0.1) is 0 Å². The topological polar surface area (TPSA) is 24.1 Å². The van der Waals surface area contributed by atoms with Crippen molar-refractivity contribution in [3.8, 4) is 0 Å². The summed E-state index contributed by atoms with van der Waals surface area (Å²) in [5.41, 5.74) is 2.82. The van der Waals surface area contributed by atoms with Gasteiger partial charge in [0.1, 0.15) is 0 Å². The Morgan fingerprint density at radius 1 is 1.39 bits per heavy atom. The van der Waals surface area contributed by atoms with Crippen LogP contribution in [-0.4, -0.2) is 19.1 Å². The second-order valence-corrected chi connectivity index (χ2v) is 5.45. The monoisotopic (exact) mass is 246 g/mol. The Balaban J connectivity index is 1.87. The number of hydrogen-bond acceptors (Lipinski definition) is 2. The summed E-state index contributed by atoms with van der Waals surface area (Å²) >= 11 is 0. The van der Waals surface area contributed by atoms with E-state index in [1.807, 2.05) is 0 Å². The highest BCUT2D eigenvalue weighted by atomic mass is 14.9. The number of unbranched alkanes of at least 4 members (excludes halogenated alkanes) is 1. The maximum atomic E-state index is 3.70. The lowest BCUT2D eigenvalue weighted by Gasteiger charge is -2.28. The van der Waals surface area contributed by atoms with Gasteiger partial charge in [0.25, 0.3) is 0 Å². The van der Waals surface area contributed by atoms with E-state index in [-0.39, 0.29) is 0 Å². The van der Waals surface area contributed by atoms with Gasteiger partial charge in [-0.05, 0) is 31.4 Å². The van der Waals surface area contributed by atoms with Crippen LogP contribution >= 0.6 is 0 Å². The molecule has 0 aliphatic carbocycles. The van der Waals surface area contributed by atoms with Gasteiger partial charge in [0, 0.05) is 30.7 Å². The van der Waals surface area contributed by atoms with Crippen LogP contribution in [0.25, 0.3) is 0 Å².